The van der Waals surface area contributed by atoms with Crippen LogP contribution in [0.3, 0.4) is 0 Å². The molecule has 24 heavy (non-hydrogen) atoms. The number of amides is 1. The van der Waals surface area contributed by atoms with Crippen LogP contribution >= 0.6 is 11.6 Å². The van der Waals surface area contributed by atoms with Gasteiger partial charge in [-0.1, -0.05) is 17.7 Å². The minimum atomic E-state index is -0.657. The summed E-state index contributed by atoms with van der Waals surface area (Å²) in [7, 11) is 0. The largest absolute Gasteiger partial charge is 0.490 e. The van der Waals surface area contributed by atoms with Crippen molar-refractivity contribution in [2.75, 3.05) is 52.6 Å². The number of nitrogens with one attached hydrogen (secondary N) is 1. The van der Waals surface area contributed by atoms with E-state index in [9.17, 15) is 4.79 Å². The number of carbonyl (C=O) groups excluding carboxylic acids is 1. The van der Waals surface area contributed by atoms with E-state index >= 15 is 0 Å². The second-order valence-corrected chi connectivity index (χ2v) is 6.56. The van der Waals surface area contributed by atoms with Gasteiger partial charge in [0.15, 0.2) is 0 Å². The van der Waals surface area contributed by atoms with E-state index in [1.165, 1.54) is 0 Å². The Morgan fingerprint density at radius 3 is 2.88 bits per heavy atom. The molecule has 2 aliphatic heterocycles. The number of hydrogen-bond donors (Lipinski definition) is 1. The molecule has 0 aliphatic carbocycles. The summed E-state index contributed by atoms with van der Waals surface area (Å²) in [5.41, 5.74) is -0.657. The monoisotopic (exact) mass is 354 g/mol. The first-order valence-corrected chi connectivity index (χ1v) is 8.63. The molecule has 2 aliphatic rings. The number of benzene rings is 1. The third-order valence-electron chi connectivity index (χ3n) is 4.27. The minimum absolute atomic E-state index is 0.0803. The summed E-state index contributed by atoms with van der Waals surface area (Å²) in [6, 6.07) is 7.24. The van der Waals surface area contributed by atoms with Crippen LogP contribution in [0.15, 0.2) is 24.3 Å². The van der Waals surface area contributed by atoms with Crippen LogP contribution in [-0.4, -0.2) is 69.0 Å². The molecule has 1 N–H and O–H groups in total. The average molecular weight is 355 g/mol. The molecule has 2 fully saturated rings. The number of ether oxygens (including phenoxy) is 3. The molecule has 2 saturated heterocycles. The molecular formula is C17H23ClN2O4. The maximum Gasteiger partial charge on any atom is 0.225 e. The fourth-order valence-corrected chi connectivity index (χ4v) is 3.12. The maximum atomic E-state index is 12.6. The number of morpholine rings is 2. The Labute approximate surface area is 147 Å². The summed E-state index contributed by atoms with van der Waals surface area (Å²) < 4.78 is 17.2. The Morgan fingerprint density at radius 1 is 1.33 bits per heavy atom. The van der Waals surface area contributed by atoms with Gasteiger partial charge in [0.05, 0.1) is 26.2 Å². The summed E-state index contributed by atoms with van der Waals surface area (Å²) >= 11 is 5.99. The molecule has 0 aromatic heterocycles. The van der Waals surface area contributed by atoms with Gasteiger partial charge < -0.3 is 24.4 Å². The molecule has 1 aromatic carbocycles. The van der Waals surface area contributed by atoms with E-state index in [1.807, 2.05) is 17.0 Å². The van der Waals surface area contributed by atoms with Crippen molar-refractivity contribution in [3.8, 4) is 5.75 Å². The van der Waals surface area contributed by atoms with Crippen molar-refractivity contribution in [1.82, 2.24) is 10.2 Å². The standard InChI is InChI=1S/C17H23ClN2O4/c18-14-2-1-3-15(10-14)23-13-17(12-19-4-7-24-17)11-16(21)20-5-8-22-9-6-20/h1-3,10,19H,4-9,11-13H2/t17-/m0/s1. The van der Waals surface area contributed by atoms with E-state index in [0.29, 0.717) is 63.3 Å². The van der Waals surface area contributed by atoms with Gasteiger partial charge in [-0.05, 0) is 18.2 Å². The van der Waals surface area contributed by atoms with Crippen molar-refractivity contribution in [3.63, 3.8) is 0 Å². The van der Waals surface area contributed by atoms with Gasteiger partial charge >= 0.3 is 0 Å². The van der Waals surface area contributed by atoms with E-state index in [-0.39, 0.29) is 5.91 Å². The highest BCUT2D eigenvalue weighted by atomic mass is 35.5. The van der Waals surface area contributed by atoms with Gasteiger partial charge in [-0.3, -0.25) is 4.79 Å². The molecule has 132 valence electrons. The Balaban J connectivity index is 1.64. The van der Waals surface area contributed by atoms with E-state index in [4.69, 9.17) is 25.8 Å². The summed E-state index contributed by atoms with van der Waals surface area (Å²) in [6.45, 7) is 4.70. The predicted octanol–water partition coefficient (Wildman–Crippen LogP) is 1.33. The lowest BCUT2D eigenvalue weighted by atomic mass is 9.98. The van der Waals surface area contributed by atoms with Crippen molar-refractivity contribution < 1.29 is 19.0 Å². The quantitative estimate of drug-likeness (QED) is 0.864. The van der Waals surface area contributed by atoms with Gasteiger partial charge in [-0.15, -0.1) is 0 Å². The zero-order valence-electron chi connectivity index (χ0n) is 13.6. The highest BCUT2D eigenvalue weighted by Gasteiger charge is 2.38. The Kier molecular flexibility index (Phi) is 5.94. The smallest absolute Gasteiger partial charge is 0.225 e. The van der Waals surface area contributed by atoms with Gasteiger partial charge in [-0.25, -0.2) is 0 Å². The van der Waals surface area contributed by atoms with Crippen LogP contribution in [0.25, 0.3) is 0 Å². The first-order chi connectivity index (χ1) is 11.7. The normalized spacial score (nSPS) is 24.6. The Bertz CT molecular complexity index is 557. The van der Waals surface area contributed by atoms with Crippen molar-refractivity contribution in [1.29, 1.82) is 0 Å². The molecule has 0 unspecified atom stereocenters. The van der Waals surface area contributed by atoms with Crippen molar-refractivity contribution in [2.45, 2.75) is 12.0 Å². The zero-order chi connectivity index (χ0) is 16.8. The zero-order valence-corrected chi connectivity index (χ0v) is 14.4. The summed E-state index contributed by atoms with van der Waals surface area (Å²) in [4.78, 5) is 14.5. The van der Waals surface area contributed by atoms with Gasteiger partial charge in [0.2, 0.25) is 5.91 Å². The van der Waals surface area contributed by atoms with E-state index in [1.54, 1.807) is 12.1 Å². The predicted molar refractivity (Wildman–Crippen MR) is 90.5 cm³/mol. The van der Waals surface area contributed by atoms with Crippen LogP contribution in [0.4, 0.5) is 0 Å². The Hall–Kier alpha value is -1.34. The van der Waals surface area contributed by atoms with Crippen molar-refractivity contribution in [3.05, 3.63) is 29.3 Å². The molecule has 1 aromatic rings. The van der Waals surface area contributed by atoms with Gasteiger partial charge in [-0.2, -0.15) is 0 Å². The summed E-state index contributed by atoms with van der Waals surface area (Å²) in [6.07, 6.45) is 0.292. The number of hydrogen-bond acceptors (Lipinski definition) is 5. The van der Waals surface area contributed by atoms with Crippen LogP contribution in [-0.2, 0) is 14.3 Å². The van der Waals surface area contributed by atoms with Crippen molar-refractivity contribution >= 4 is 17.5 Å². The van der Waals surface area contributed by atoms with Crippen LogP contribution < -0.4 is 10.1 Å². The molecule has 6 nitrogen and oxygen atoms in total. The molecule has 0 saturated carbocycles. The van der Waals surface area contributed by atoms with Gasteiger partial charge in [0, 0.05) is 31.2 Å². The first-order valence-electron chi connectivity index (χ1n) is 8.25. The second-order valence-electron chi connectivity index (χ2n) is 6.12. The fraction of sp³-hybridized carbons (Fsp3) is 0.588. The molecule has 1 amide bonds. The highest BCUT2D eigenvalue weighted by molar-refractivity contribution is 6.30. The molecule has 0 spiro atoms. The number of halogens is 1. The maximum absolute atomic E-state index is 12.6. The molecule has 0 bridgehead atoms. The minimum Gasteiger partial charge on any atom is -0.490 e. The molecule has 3 rings (SSSR count). The molecular weight excluding hydrogens is 332 g/mol. The third kappa shape index (κ3) is 4.60. The van der Waals surface area contributed by atoms with Crippen LogP contribution in [0.5, 0.6) is 5.75 Å². The lowest BCUT2D eigenvalue weighted by molar-refractivity contribution is -0.149. The highest BCUT2D eigenvalue weighted by Crippen LogP contribution is 2.24. The Morgan fingerprint density at radius 2 is 2.17 bits per heavy atom. The molecule has 2 heterocycles. The number of carbonyl (C=O) groups is 1. The molecule has 1 atom stereocenters. The van der Waals surface area contributed by atoms with Crippen LogP contribution in [0, 0.1) is 0 Å². The molecule has 7 heteroatoms. The average Bonchev–Trinajstić information content (AvgIpc) is 2.62. The SMILES string of the molecule is O=C(C[C@@]1(COc2cccc(Cl)c2)CNCCO1)N1CCOCC1. The number of nitrogens with zero attached hydrogens (tertiary/aromatic N) is 1. The molecule has 0 radical (unpaired) electrons. The van der Waals surface area contributed by atoms with Crippen molar-refractivity contribution in [2.24, 2.45) is 0 Å². The van der Waals surface area contributed by atoms with Crippen LogP contribution in [0.1, 0.15) is 6.42 Å². The lowest BCUT2D eigenvalue weighted by Gasteiger charge is -2.38. The summed E-state index contributed by atoms with van der Waals surface area (Å²) in [5.74, 6) is 0.756. The number of rotatable bonds is 5. The third-order valence-corrected chi connectivity index (χ3v) is 4.50. The van der Waals surface area contributed by atoms with Gasteiger partial charge in [0.25, 0.3) is 0 Å². The topological polar surface area (TPSA) is 60.0 Å². The van der Waals surface area contributed by atoms with E-state index in [0.717, 1.165) is 6.54 Å². The van der Waals surface area contributed by atoms with Crippen LogP contribution in [0.2, 0.25) is 5.02 Å². The fourth-order valence-electron chi connectivity index (χ4n) is 2.94. The van der Waals surface area contributed by atoms with E-state index < -0.39 is 5.60 Å². The second kappa shape index (κ2) is 8.16. The summed E-state index contributed by atoms with van der Waals surface area (Å²) in [5, 5.41) is 3.92. The van der Waals surface area contributed by atoms with Gasteiger partial charge in [0.1, 0.15) is 18.0 Å². The first kappa shape index (κ1) is 17.5. The van der Waals surface area contributed by atoms with E-state index in [2.05, 4.69) is 5.32 Å². The lowest BCUT2D eigenvalue weighted by Crippen LogP contribution is -2.56.